The lowest BCUT2D eigenvalue weighted by molar-refractivity contribution is 1.40. The highest BCUT2D eigenvalue weighted by molar-refractivity contribution is 6.22. The minimum absolute atomic E-state index is 0.906. The zero-order valence-electron chi connectivity index (χ0n) is 29.2. The minimum atomic E-state index is 0.906. The van der Waals surface area contributed by atoms with E-state index in [4.69, 9.17) is 15.0 Å². The van der Waals surface area contributed by atoms with Gasteiger partial charge in [-0.2, -0.15) is 0 Å². The zero-order valence-corrected chi connectivity index (χ0v) is 29.2. The van der Waals surface area contributed by atoms with Gasteiger partial charge in [-0.25, -0.2) is 15.0 Å². The van der Waals surface area contributed by atoms with Gasteiger partial charge in [0.05, 0.1) is 33.5 Å². The van der Waals surface area contributed by atoms with Gasteiger partial charge in [0.15, 0.2) is 0 Å². The number of fused-ring (bicyclic) bond motifs is 7. The van der Waals surface area contributed by atoms with Crippen molar-refractivity contribution in [3.8, 4) is 44.8 Å². The van der Waals surface area contributed by atoms with Gasteiger partial charge in [-0.3, -0.25) is 0 Å². The molecule has 3 nitrogen and oxygen atoms in total. The molecule has 0 N–H and O–H groups in total. The Morgan fingerprint density at radius 1 is 0.241 bits per heavy atom. The molecule has 0 unspecified atom stereocenters. The van der Waals surface area contributed by atoms with Crippen LogP contribution in [-0.4, -0.2) is 15.0 Å². The normalized spacial score (nSPS) is 11.7. The molecule has 11 aromatic rings. The van der Waals surface area contributed by atoms with Crippen molar-refractivity contribution in [2.24, 2.45) is 0 Å². The second-order valence-corrected chi connectivity index (χ2v) is 13.9. The molecule has 54 heavy (non-hydrogen) atoms. The molecule has 250 valence electrons. The van der Waals surface area contributed by atoms with Gasteiger partial charge < -0.3 is 0 Å². The van der Waals surface area contributed by atoms with E-state index in [1.54, 1.807) is 0 Å². The molecule has 0 saturated heterocycles. The number of benzene rings is 8. The van der Waals surface area contributed by atoms with Gasteiger partial charge in [0.2, 0.25) is 0 Å². The molecule has 0 aliphatic carbocycles. The number of nitrogens with zero attached hydrogens (tertiary/aromatic N) is 3. The Morgan fingerprint density at radius 2 is 0.759 bits per heavy atom. The van der Waals surface area contributed by atoms with Crippen LogP contribution >= 0.6 is 0 Å². The van der Waals surface area contributed by atoms with Crippen molar-refractivity contribution >= 4 is 65.2 Å². The summed E-state index contributed by atoms with van der Waals surface area (Å²) in [7, 11) is 0. The van der Waals surface area contributed by atoms with E-state index in [-0.39, 0.29) is 0 Å². The molecule has 3 heterocycles. The molecular weight excluding hydrogens is 655 g/mol. The highest BCUT2D eigenvalue weighted by atomic mass is 14.8. The van der Waals surface area contributed by atoms with Crippen molar-refractivity contribution in [1.29, 1.82) is 0 Å². The summed E-state index contributed by atoms with van der Waals surface area (Å²) in [6.07, 6.45) is 0. The summed E-state index contributed by atoms with van der Waals surface area (Å²) in [4.78, 5) is 15.8. The molecule has 0 saturated carbocycles. The predicted octanol–water partition coefficient (Wildman–Crippen LogP) is 13.5. The zero-order chi connectivity index (χ0) is 35.6. The Balaban J connectivity index is 1.12. The van der Waals surface area contributed by atoms with Gasteiger partial charge in [0.1, 0.15) is 0 Å². The topological polar surface area (TPSA) is 38.7 Å². The molecule has 0 bridgehead atoms. The Kier molecular flexibility index (Phi) is 6.86. The number of rotatable bonds is 4. The number of hydrogen-bond donors (Lipinski definition) is 0. The van der Waals surface area contributed by atoms with Crippen LogP contribution in [0.2, 0.25) is 0 Å². The maximum atomic E-state index is 5.52. The van der Waals surface area contributed by atoms with E-state index in [1.165, 1.54) is 43.8 Å². The van der Waals surface area contributed by atoms with Crippen LogP contribution in [0.15, 0.2) is 188 Å². The van der Waals surface area contributed by atoms with Gasteiger partial charge in [0.25, 0.3) is 0 Å². The van der Waals surface area contributed by atoms with E-state index in [9.17, 15) is 0 Å². The number of aromatic nitrogens is 3. The fourth-order valence-corrected chi connectivity index (χ4v) is 8.34. The second kappa shape index (κ2) is 12.2. The monoisotopic (exact) mass is 685 g/mol. The Morgan fingerprint density at radius 3 is 1.50 bits per heavy atom. The first kappa shape index (κ1) is 30.4. The van der Waals surface area contributed by atoms with E-state index in [0.717, 1.165) is 66.1 Å². The van der Waals surface area contributed by atoms with Gasteiger partial charge in [-0.1, -0.05) is 164 Å². The van der Waals surface area contributed by atoms with E-state index < -0.39 is 0 Å². The van der Waals surface area contributed by atoms with Crippen molar-refractivity contribution in [1.82, 2.24) is 15.0 Å². The molecule has 8 aromatic carbocycles. The Labute approximate surface area is 311 Å². The van der Waals surface area contributed by atoms with Crippen molar-refractivity contribution in [3.63, 3.8) is 0 Å². The second-order valence-electron chi connectivity index (χ2n) is 13.9. The standard InChI is InChI=1S/C51H31N3/c1-2-13-34(14-3-1)48-41-19-9-11-21-45(41)53-51-42(48)29-26-36-28-31-46(54-50(36)51)49-39-17-7-5-15-37(39)47(38-16-6-8-18-40(38)49)35-24-22-33(23-25-35)44-30-27-32-12-4-10-20-43(32)52-44/h1-31H. The first-order valence-corrected chi connectivity index (χ1v) is 18.4. The van der Waals surface area contributed by atoms with Crippen LogP contribution in [0.5, 0.6) is 0 Å². The molecule has 0 fully saturated rings. The highest BCUT2D eigenvalue weighted by Gasteiger charge is 2.19. The van der Waals surface area contributed by atoms with Crippen LogP contribution in [0.3, 0.4) is 0 Å². The first-order valence-electron chi connectivity index (χ1n) is 18.4. The van der Waals surface area contributed by atoms with Gasteiger partial charge in [-0.05, 0) is 62.5 Å². The molecule has 0 atom stereocenters. The van der Waals surface area contributed by atoms with E-state index in [2.05, 4.69) is 182 Å². The summed E-state index contributed by atoms with van der Waals surface area (Å²) in [5.74, 6) is 0. The van der Waals surface area contributed by atoms with Gasteiger partial charge >= 0.3 is 0 Å². The molecule has 3 aromatic heterocycles. The van der Waals surface area contributed by atoms with E-state index in [1.807, 2.05) is 6.07 Å². The molecule has 0 radical (unpaired) electrons. The quantitative estimate of drug-likeness (QED) is 0.137. The average molecular weight is 686 g/mol. The third-order valence-electron chi connectivity index (χ3n) is 10.8. The van der Waals surface area contributed by atoms with E-state index in [0.29, 0.717) is 0 Å². The molecule has 3 heteroatoms. The largest absolute Gasteiger partial charge is 0.248 e. The van der Waals surface area contributed by atoms with Crippen molar-refractivity contribution in [2.75, 3.05) is 0 Å². The molecule has 11 rings (SSSR count). The Hall–Kier alpha value is -7.23. The van der Waals surface area contributed by atoms with Crippen LogP contribution < -0.4 is 0 Å². The third-order valence-corrected chi connectivity index (χ3v) is 10.8. The lowest BCUT2D eigenvalue weighted by Gasteiger charge is -2.18. The molecule has 0 spiro atoms. The summed E-state index contributed by atoms with van der Waals surface area (Å²) in [6, 6.07) is 66.7. The average Bonchev–Trinajstić information content (AvgIpc) is 3.24. The van der Waals surface area contributed by atoms with Crippen molar-refractivity contribution in [2.45, 2.75) is 0 Å². The minimum Gasteiger partial charge on any atom is -0.248 e. The number of hydrogen-bond acceptors (Lipinski definition) is 3. The van der Waals surface area contributed by atoms with Crippen LogP contribution in [-0.2, 0) is 0 Å². The first-order chi connectivity index (χ1) is 26.8. The van der Waals surface area contributed by atoms with Gasteiger partial charge in [-0.15, -0.1) is 0 Å². The van der Waals surface area contributed by atoms with Gasteiger partial charge in [0, 0.05) is 38.2 Å². The number of pyridine rings is 3. The SMILES string of the molecule is c1ccc(-c2c3ccccc3nc3c2ccc2ccc(-c4c5ccccc5c(-c5ccc(-c6ccc7ccccc7n6)cc5)c5ccccc45)nc23)cc1. The van der Waals surface area contributed by atoms with Crippen molar-refractivity contribution < 1.29 is 0 Å². The molecule has 0 aliphatic rings. The lowest BCUT2D eigenvalue weighted by atomic mass is 9.87. The van der Waals surface area contributed by atoms with E-state index >= 15 is 0 Å². The van der Waals surface area contributed by atoms with Crippen LogP contribution in [0.4, 0.5) is 0 Å². The van der Waals surface area contributed by atoms with Crippen LogP contribution in [0.1, 0.15) is 0 Å². The Bertz CT molecular complexity index is 3200. The summed E-state index contributed by atoms with van der Waals surface area (Å²) in [6.45, 7) is 0. The summed E-state index contributed by atoms with van der Waals surface area (Å²) in [5.41, 5.74) is 12.7. The smallest absolute Gasteiger partial charge is 0.0978 e. The summed E-state index contributed by atoms with van der Waals surface area (Å²) >= 11 is 0. The fraction of sp³-hybridized carbons (Fsp3) is 0. The van der Waals surface area contributed by atoms with Crippen LogP contribution in [0.25, 0.3) is 110 Å². The highest BCUT2D eigenvalue weighted by Crippen LogP contribution is 2.44. The lowest BCUT2D eigenvalue weighted by Crippen LogP contribution is -1.95. The maximum absolute atomic E-state index is 5.52. The number of para-hydroxylation sites is 2. The van der Waals surface area contributed by atoms with Crippen LogP contribution in [0, 0.1) is 0 Å². The summed E-state index contributed by atoms with van der Waals surface area (Å²) in [5, 5.41) is 9.18. The molecular formula is C51H31N3. The maximum Gasteiger partial charge on any atom is 0.0978 e. The fourth-order valence-electron chi connectivity index (χ4n) is 8.34. The van der Waals surface area contributed by atoms with Crippen molar-refractivity contribution in [3.05, 3.63) is 188 Å². The third kappa shape index (κ3) is 4.79. The predicted molar refractivity (Wildman–Crippen MR) is 227 cm³/mol. The summed E-state index contributed by atoms with van der Waals surface area (Å²) < 4.78 is 0. The molecule has 0 aliphatic heterocycles. The molecule has 0 amide bonds.